The van der Waals surface area contributed by atoms with Gasteiger partial charge in [-0.1, -0.05) is 13.0 Å². The monoisotopic (exact) mass is 410 g/mol. The van der Waals surface area contributed by atoms with Crippen LogP contribution in [0.4, 0.5) is 0 Å². The summed E-state index contributed by atoms with van der Waals surface area (Å²) in [6.07, 6.45) is 1.02. The van der Waals surface area contributed by atoms with Crippen molar-refractivity contribution in [3.8, 4) is 5.75 Å². The van der Waals surface area contributed by atoms with Crippen molar-refractivity contribution in [1.82, 2.24) is 0 Å². The molecule has 4 rings (SSSR count). The van der Waals surface area contributed by atoms with E-state index in [9.17, 15) is 35.5 Å². The van der Waals surface area contributed by atoms with Gasteiger partial charge in [0, 0.05) is 24.2 Å². The molecule has 0 heterocycles. The van der Waals surface area contributed by atoms with Crippen LogP contribution >= 0.6 is 0 Å². The van der Waals surface area contributed by atoms with E-state index in [-0.39, 0.29) is 24.0 Å². The number of fused-ring (bicyclic) bond motifs is 5. The Morgan fingerprint density at radius 1 is 1.14 bits per heavy atom. The molecule has 0 bridgehead atoms. The maximum atomic E-state index is 11.4. The van der Waals surface area contributed by atoms with Gasteiger partial charge in [-0.05, 0) is 54.4 Å². The molecule has 0 unspecified atom stereocenters. The van der Waals surface area contributed by atoms with Crippen molar-refractivity contribution in [3.05, 3.63) is 49.6 Å². The van der Waals surface area contributed by atoms with E-state index in [0.717, 1.165) is 5.56 Å². The molecule has 0 aromatic heterocycles. The molecular weight excluding hydrogens is 388 g/mol. The van der Waals surface area contributed by atoms with Gasteiger partial charge in [0.2, 0.25) is 11.6 Å². The fourth-order valence-corrected chi connectivity index (χ4v) is 6.17. The highest BCUT2D eigenvalue weighted by atomic mass is 17.0. The van der Waals surface area contributed by atoms with Crippen LogP contribution in [0.5, 0.6) is 5.75 Å². The van der Waals surface area contributed by atoms with Gasteiger partial charge in [-0.2, -0.15) is 0 Å². The Kier molecular flexibility index (Phi) is 4.18. The van der Waals surface area contributed by atoms with E-state index in [2.05, 4.69) is 4.84 Å². The van der Waals surface area contributed by atoms with E-state index in [1.165, 1.54) is 6.07 Å². The third kappa shape index (κ3) is 2.79. The first kappa shape index (κ1) is 19.6. The Labute approximate surface area is 165 Å². The Balaban J connectivity index is 1.84. The van der Waals surface area contributed by atoms with Crippen LogP contribution in [-0.4, -0.2) is 37.1 Å². The van der Waals surface area contributed by atoms with Gasteiger partial charge in [-0.25, -0.2) is 0 Å². The SMILES string of the molecule is C[C@]12C[C@@](O)(O[N+](=O)[O-])[C@@H]3c4ccc(O)cc4CC[C@H]3[C@@H]1CC[C@@]2(O)O[N+](=O)[O-]. The topological polar surface area (TPSA) is 165 Å². The fourth-order valence-electron chi connectivity index (χ4n) is 6.17. The summed E-state index contributed by atoms with van der Waals surface area (Å²) in [7, 11) is 0. The normalized spacial score (nSPS) is 40.3. The molecule has 11 heteroatoms. The Morgan fingerprint density at radius 2 is 1.83 bits per heavy atom. The van der Waals surface area contributed by atoms with Gasteiger partial charge in [0.1, 0.15) is 5.75 Å². The molecule has 0 spiro atoms. The molecule has 3 aliphatic rings. The summed E-state index contributed by atoms with van der Waals surface area (Å²) >= 11 is 0. The van der Waals surface area contributed by atoms with Crippen molar-refractivity contribution in [1.29, 1.82) is 0 Å². The summed E-state index contributed by atoms with van der Waals surface area (Å²) in [5, 5.41) is 52.2. The summed E-state index contributed by atoms with van der Waals surface area (Å²) in [4.78, 5) is 31.7. The summed E-state index contributed by atoms with van der Waals surface area (Å²) in [5.41, 5.74) is 0.0616. The highest BCUT2D eigenvalue weighted by Gasteiger charge is 2.70. The van der Waals surface area contributed by atoms with Gasteiger partial charge in [0.25, 0.3) is 10.2 Å². The van der Waals surface area contributed by atoms with Gasteiger partial charge in [-0.15, -0.1) is 20.2 Å². The standard InChI is InChI=1S/C18H22N2O9/c1-16-9-17(22,28-19(24)25)15-12-5-3-11(21)8-10(12)2-4-13(15)14(16)6-7-18(16,23)29-20(26)27/h3,5,8,13-15,21-23H,2,4,6-7,9H2,1H3/t13-,14-,15+,16-,17+,18+/m0/s1. The largest absolute Gasteiger partial charge is 0.508 e. The van der Waals surface area contributed by atoms with Gasteiger partial charge in [0.05, 0.1) is 0 Å². The summed E-state index contributed by atoms with van der Waals surface area (Å²) in [6, 6.07) is 4.63. The lowest BCUT2D eigenvalue weighted by atomic mass is 9.52. The van der Waals surface area contributed by atoms with Crippen LogP contribution in [0.1, 0.15) is 49.7 Å². The maximum absolute atomic E-state index is 11.4. The minimum absolute atomic E-state index is 0.0324. The van der Waals surface area contributed by atoms with Crippen LogP contribution in [-0.2, 0) is 16.1 Å². The highest BCUT2D eigenvalue weighted by Crippen LogP contribution is 2.67. The lowest BCUT2D eigenvalue weighted by molar-refractivity contribution is -0.809. The van der Waals surface area contributed by atoms with Gasteiger partial charge in [0.15, 0.2) is 0 Å². The van der Waals surface area contributed by atoms with Crippen molar-refractivity contribution >= 4 is 0 Å². The number of nitrogens with zero attached hydrogens (tertiary/aromatic N) is 2. The quantitative estimate of drug-likeness (QED) is 0.380. The van der Waals surface area contributed by atoms with Crippen molar-refractivity contribution in [2.45, 2.75) is 56.5 Å². The lowest BCUT2D eigenvalue weighted by Gasteiger charge is -2.57. The fraction of sp³-hybridized carbons (Fsp3) is 0.667. The van der Waals surface area contributed by atoms with Crippen LogP contribution < -0.4 is 0 Å². The predicted octanol–water partition coefficient (Wildman–Crippen LogP) is 1.65. The van der Waals surface area contributed by atoms with Gasteiger partial charge < -0.3 is 15.3 Å². The molecule has 29 heavy (non-hydrogen) atoms. The molecule has 6 atom stereocenters. The first-order chi connectivity index (χ1) is 13.5. The minimum atomic E-state index is -2.32. The van der Waals surface area contributed by atoms with E-state index in [0.29, 0.717) is 24.8 Å². The van der Waals surface area contributed by atoms with Crippen LogP contribution in [0.2, 0.25) is 0 Å². The third-order valence-corrected chi connectivity index (χ3v) is 7.22. The molecule has 1 aromatic carbocycles. The molecule has 1 aromatic rings. The predicted molar refractivity (Wildman–Crippen MR) is 94.2 cm³/mol. The first-order valence-electron chi connectivity index (χ1n) is 9.43. The summed E-state index contributed by atoms with van der Waals surface area (Å²) < 4.78 is 0. The number of aliphatic hydroxyl groups is 2. The number of benzene rings is 1. The number of rotatable bonds is 4. The molecule has 2 fully saturated rings. The number of aromatic hydroxyl groups is 1. The number of phenols is 1. The third-order valence-electron chi connectivity index (χ3n) is 7.22. The van der Waals surface area contributed by atoms with Crippen molar-refractivity contribution in [3.63, 3.8) is 0 Å². The number of hydrogen-bond acceptors (Lipinski definition) is 9. The molecule has 158 valence electrons. The van der Waals surface area contributed by atoms with Crippen molar-refractivity contribution in [2.75, 3.05) is 0 Å². The zero-order chi connectivity index (χ0) is 21.2. The Morgan fingerprint density at radius 3 is 2.48 bits per heavy atom. The minimum Gasteiger partial charge on any atom is -0.508 e. The smallest absolute Gasteiger partial charge is 0.297 e. The Bertz CT molecular complexity index is 879. The summed E-state index contributed by atoms with van der Waals surface area (Å²) in [5.74, 6) is -5.85. The number of phenolic OH excluding ortho intramolecular Hbond substituents is 1. The molecule has 0 radical (unpaired) electrons. The van der Waals surface area contributed by atoms with E-state index < -0.39 is 39.5 Å². The molecule has 11 nitrogen and oxygen atoms in total. The van der Waals surface area contributed by atoms with Crippen LogP contribution in [0, 0.1) is 37.5 Å². The average Bonchev–Trinajstić information content (AvgIpc) is 2.83. The molecule has 2 saturated carbocycles. The average molecular weight is 410 g/mol. The second-order valence-corrected chi connectivity index (χ2v) is 8.56. The second kappa shape index (κ2) is 6.17. The highest BCUT2D eigenvalue weighted by molar-refractivity contribution is 5.41. The molecule has 3 aliphatic carbocycles. The molecule has 3 N–H and O–H groups in total. The van der Waals surface area contributed by atoms with E-state index in [4.69, 9.17) is 4.84 Å². The summed E-state index contributed by atoms with van der Waals surface area (Å²) in [6.45, 7) is 1.55. The number of aryl methyl sites for hydroxylation is 1. The first-order valence-corrected chi connectivity index (χ1v) is 9.43. The molecular formula is C18H22N2O9. The van der Waals surface area contributed by atoms with Crippen LogP contribution in [0.3, 0.4) is 0 Å². The van der Waals surface area contributed by atoms with Crippen LogP contribution in [0.15, 0.2) is 18.2 Å². The molecule has 0 amide bonds. The van der Waals surface area contributed by atoms with Crippen molar-refractivity contribution in [2.24, 2.45) is 17.3 Å². The van der Waals surface area contributed by atoms with E-state index >= 15 is 0 Å². The zero-order valence-electron chi connectivity index (χ0n) is 15.7. The maximum Gasteiger partial charge on any atom is 0.297 e. The zero-order valence-corrected chi connectivity index (χ0v) is 15.7. The van der Waals surface area contributed by atoms with E-state index in [1.54, 1.807) is 19.1 Å². The van der Waals surface area contributed by atoms with Gasteiger partial charge >= 0.3 is 0 Å². The molecule has 0 aliphatic heterocycles. The molecule has 0 saturated heterocycles. The Hall–Kier alpha value is -2.66. The number of hydrogen-bond donors (Lipinski definition) is 3. The van der Waals surface area contributed by atoms with Crippen LogP contribution in [0.25, 0.3) is 0 Å². The van der Waals surface area contributed by atoms with Gasteiger partial charge in [-0.3, -0.25) is 9.68 Å². The van der Waals surface area contributed by atoms with E-state index in [1.807, 2.05) is 0 Å². The second-order valence-electron chi connectivity index (χ2n) is 8.56. The van der Waals surface area contributed by atoms with Crippen molar-refractivity contribution < 1.29 is 35.2 Å². The lowest BCUT2D eigenvalue weighted by Crippen LogP contribution is -2.62.